The first kappa shape index (κ1) is 19.0. The Bertz CT molecular complexity index is 599. The van der Waals surface area contributed by atoms with Crippen molar-refractivity contribution < 1.29 is 19.0 Å². The molecule has 144 valence electrons. The number of rotatable bonds is 6. The minimum absolute atomic E-state index is 0.0484. The lowest BCUT2D eigenvalue weighted by Crippen LogP contribution is -2.51. The number of para-hydroxylation sites is 2. The summed E-state index contributed by atoms with van der Waals surface area (Å²) in [6, 6.07) is 7.68. The zero-order chi connectivity index (χ0) is 18.5. The SMILES string of the molecule is COc1ccccc1OCC(=O)N1CCCC1CN1CC(C)OC(C)C1. The summed E-state index contributed by atoms with van der Waals surface area (Å²) in [5, 5.41) is 0. The monoisotopic (exact) mass is 362 g/mol. The summed E-state index contributed by atoms with van der Waals surface area (Å²) < 4.78 is 16.8. The van der Waals surface area contributed by atoms with Gasteiger partial charge >= 0.3 is 0 Å². The zero-order valence-corrected chi connectivity index (χ0v) is 16.0. The second-order valence-corrected chi connectivity index (χ2v) is 7.30. The molecule has 0 saturated carbocycles. The van der Waals surface area contributed by atoms with Crippen molar-refractivity contribution in [2.75, 3.05) is 39.9 Å². The predicted molar refractivity (Wildman–Crippen MR) is 99.7 cm³/mol. The van der Waals surface area contributed by atoms with E-state index in [0.717, 1.165) is 39.0 Å². The van der Waals surface area contributed by atoms with Gasteiger partial charge in [0.05, 0.1) is 19.3 Å². The molecule has 0 spiro atoms. The molecule has 3 atom stereocenters. The second-order valence-electron chi connectivity index (χ2n) is 7.30. The molecular formula is C20H30N2O4. The second kappa shape index (κ2) is 8.73. The Morgan fingerprint density at radius 1 is 1.19 bits per heavy atom. The molecule has 2 aliphatic heterocycles. The average Bonchev–Trinajstić information content (AvgIpc) is 3.07. The first-order valence-corrected chi connectivity index (χ1v) is 9.50. The van der Waals surface area contributed by atoms with Gasteiger partial charge in [0, 0.05) is 32.2 Å². The van der Waals surface area contributed by atoms with Crippen molar-refractivity contribution in [2.45, 2.75) is 44.9 Å². The van der Waals surface area contributed by atoms with Crippen LogP contribution in [0.3, 0.4) is 0 Å². The van der Waals surface area contributed by atoms with E-state index in [9.17, 15) is 4.79 Å². The Hall–Kier alpha value is -1.79. The summed E-state index contributed by atoms with van der Waals surface area (Å²) >= 11 is 0. The zero-order valence-electron chi connectivity index (χ0n) is 16.0. The third-order valence-corrected chi connectivity index (χ3v) is 5.08. The van der Waals surface area contributed by atoms with Crippen LogP contribution in [-0.4, -0.2) is 73.9 Å². The number of hydrogen-bond acceptors (Lipinski definition) is 5. The first-order valence-electron chi connectivity index (χ1n) is 9.50. The van der Waals surface area contributed by atoms with Gasteiger partial charge in [-0.05, 0) is 38.8 Å². The summed E-state index contributed by atoms with van der Waals surface area (Å²) in [6.45, 7) is 7.86. The molecule has 0 radical (unpaired) electrons. The highest BCUT2D eigenvalue weighted by atomic mass is 16.5. The van der Waals surface area contributed by atoms with Gasteiger partial charge in [-0.15, -0.1) is 0 Å². The average molecular weight is 362 g/mol. The van der Waals surface area contributed by atoms with E-state index in [1.807, 2.05) is 29.2 Å². The third-order valence-electron chi connectivity index (χ3n) is 5.08. The summed E-state index contributed by atoms with van der Waals surface area (Å²) in [5.41, 5.74) is 0. The number of morpholine rings is 1. The molecule has 2 saturated heterocycles. The Morgan fingerprint density at radius 2 is 1.88 bits per heavy atom. The molecule has 0 aromatic heterocycles. The summed E-state index contributed by atoms with van der Waals surface area (Å²) in [6.07, 6.45) is 2.61. The Balaban J connectivity index is 1.54. The summed E-state index contributed by atoms with van der Waals surface area (Å²) in [5.74, 6) is 1.30. The topological polar surface area (TPSA) is 51.2 Å². The van der Waals surface area contributed by atoms with Gasteiger partial charge in [-0.3, -0.25) is 9.69 Å². The van der Waals surface area contributed by atoms with Crippen LogP contribution in [0.5, 0.6) is 11.5 Å². The van der Waals surface area contributed by atoms with Gasteiger partial charge in [0.1, 0.15) is 0 Å². The number of carbonyl (C=O) groups excluding carboxylic acids is 1. The molecule has 3 rings (SSSR count). The van der Waals surface area contributed by atoms with E-state index >= 15 is 0 Å². The largest absolute Gasteiger partial charge is 0.493 e. The predicted octanol–water partition coefficient (Wildman–Crippen LogP) is 2.17. The van der Waals surface area contributed by atoms with Gasteiger partial charge in [-0.1, -0.05) is 12.1 Å². The van der Waals surface area contributed by atoms with E-state index < -0.39 is 0 Å². The molecule has 0 N–H and O–H groups in total. The molecule has 6 nitrogen and oxygen atoms in total. The van der Waals surface area contributed by atoms with Crippen LogP contribution in [0.1, 0.15) is 26.7 Å². The molecule has 0 bridgehead atoms. The van der Waals surface area contributed by atoms with Gasteiger partial charge in [-0.2, -0.15) is 0 Å². The minimum Gasteiger partial charge on any atom is -0.493 e. The molecular weight excluding hydrogens is 332 g/mol. The fraction of sp³-hybridized carbons (Fsp3) is 0.650. The Labute approximate surface area is 156 Å². The minimum atomic E-state index is 0.0484. The highest BCUT2D eigenvalue weighted by Crippen LogP contribution is 2.26. The Kier molecular flexibility index (Phi) is 6.38. The van der Waals surface area contributed by atoms with Crippen LogP contribution in [0.4, 0.5) is 0 Å². The summed E-state index contributed by atoms with van der Waals surface area (Å²) in [4.78, 5) is 17.1. The number of hydrogen-bond donors (Lipinski definition) is 0. The van der Waals surface area contributed by atoms with E-state index in [1.54, 1.807) is 7.11 Å². The number of ether oxygens (including phenoxy) is 3. The number of methoxy groups -OCH3 is 1. The fourth-order valence-corrected chi connectivity index (χ4v) is 4.05. The number of amides is 1. The standard InChI is InChI=1S/C20H30N2O4/c1-15-11-21(12-16(2)26-15)13-17-7-6-10-22(17)20(23)14-25-19-9-5-4-8-18(19)24-3/h4-5,8-9,15-17H,6-7,10-14H2,1-3H3. The molecule has 1 amide bonds. The van der Waals surface area contributed by atoms with Crippen molar-refractivity contribution in [2.24, 2.45) is 0 Å². The van der Waals surface area contributed by atoms with E-state index in [1.165, 1.54) is 0 Å². The third kappa shape index (κ3) is 4.68. The van der Waals surface area contributed by atoms with Crippen LogP contribution in [0.25, 0.3) is 0 Å². The molecule has 0 aliphatic carbocycles. The van der Waals surface area contributed by atoms with Gasteiger partial charge in [0.2, 0.25) is 0 Å². The molecule has 2 aliphatic rings. The first-order chi connectivity index (χ1) is 12.6. The maximum Gasteiger partial charge on any atom is 0.260 e. The molecule has 1 aromatic rings. The van der Waals surface area contributed by atoms with E-state index in [4.69, 9.17) is 14.2 Å². The van der Waals surface area contributed by atoms with Gasteiger partial charge in [0.25, 0.3) is 5.91 Å². The molecule has 1 aromatic carbocycles. The Morgan fingerprint density at radius 3 is 2.58 bits per heavy atom. The van der Waals surface area contributed by atoms with E-state index in [2.05, 4.69) is 18.7 Å². The number of likely N-dealkylation sites (tertiary alicyclic amines) is 1. The van der Waals surface area contributed by atoms with Crippen LogP contribution >= 0.6 is 0 Å². The van der Waals surface area contributed by atoms with Crippen LogP contribution in [0, 0.1) is 0 Å². The van der Waals surface area contributed by atoms with Crippen LogP contribution in [0.15, 0.2) is 24.3 Å². The smallest absolute Gasteiger partial charge is 0.260 e. The lowest BCUT2D eigenvalue weighted by atomic mass is 10.1. The fourth-order valence-electron chi connectivity index (χ4n) is 4.05. The van der Waals surface area contributed by atoms with Gasteiger partial charge < -0.3 is 19.1 Å². The molecule has 2 heterocycles. The van der Waals surface area contributed by atoms with E-state index in [-0.39, 0.29) is 30.8 Å². The number of nitrogens with zero attached hydrogens (tertiary/aromatic N) is 2. The highest BCUT2D eigenvalue weighted by molar-refractivity contribution is 5.78. The summed E-state index contributed by atoms with van der Waals surface area (Å²) in [7, 11) is 1.60. The highest BCUT2D eigenvalue weighted by Gasteiger charge is 2.32. The molecule has 6 heteroatoms. The number of benzene rings is 1. The van der Waals surface area contributed by atoms with Crippen molar-refractivity contribution in [1.82, 2.24) is 9.80 Å². The van der Waals surface area contributed by atoms with Crippen LogP contribution in [0.2, 0.25) is 0 Å². The molecule has 2 fully saturated rings. The van der Waals surface area contributed by atoms with Crippen molar-refractivity contribution in [3.63, 3.8) is 0 Å². The quantitative estimate of drug-likeness (QED) is 0.776. The molecule has 26 heavy (non-hydrogen) atoms. The van der Waals surface area contributed by atoms with Crippen molar-refractivity contribution in [1.29, 1.82) is 0 Å². The number of carbonyl (C=O) groups is 1. The lowest BCUT2D eigenvalue weighted by molar-refractivity contribution is -0.135. The van der Waals surface area contributed by atoms with Gasteiger partial charge in [0.15, 0.2) is 18.1 Å². The maximum atomic E-state index is 12.7. The van der Waals surface area contributed by atoms with Crippen LogP contribution < -0.4 is 9.47 Å². The van der Waals surface area contributed by atoms with Crippen molar-refractivity contribution in [3.8, 4) is 11.5 Å². The normalized spacial score (nSPS) is 26.7. The van der Waals surface area contributed by atoms with Gasteiger partial charge in [-0.25, -0.2) is 0 Å². The molecule has 3 unspecified atom stereocenters. The van der Waals surface area contributed by atoms with E-state index in [0.29, 0.717) is 11.5 Å². The van der Waals surface area contributed by atoms with Crippen molar-refractivity contribution in [3.05, 3.63) is 24.3 Å². The van der Waals surface area contributed by atoms with Crippen molar-refractivity contribution >= 4 is 5.91 Å². The lowest BCUT2D eigenvalue weighted by Gasteiger charge is -2.38. The van der Waals surface area contributed by atoms with Crippen LogP contribution in [-0.2, 0) is 9.53 Å². The maximum absolute atomic E-state index is 12.7.